The first-order valence-corrected chi connectivity index (χ1v) is 8.80. The van der Waals surface area contributed by atoms with Crippen molar-refractivity contribution in [1.82, 2.24) is 0 Å². The van der Waals surface area contributed by atoms with E-state index in [9.17, 15) is 19.2 Å². The molecule has 0 bridgehead atoms. The second kappa shape index (κ2) is 8.04. The van der Waals surface area contributed by atoms with Gasteiger partial charge in [-0.05, 0) is 49.7 Å². The summed E-state index contributed by atoms with van der Waals surface area (Å²) in [5, 5.41) is 5.50. The van der Waals surface area contributed by atoms with Gasteiger partial charge in [-0.1, -0.05) is 12.1 Å². The highest BCUT2D eigenvalue weighted by Gasteiger charge is 2.48. The molecule has 0 saturated heterocycles. The molecule has 0 spiro atoms. The number of Topliss-reactive ketones (excluding diaryl/α,β-unsaturated/α-hetero) is 1. The van der Waals surface area contributed by atoms with Crippen molar-refractivity contribution in [2.24, 2.45) is 11.8 Å². The Bertz CT molecular complexity index is 936. The number of methoxy groups -OCH3 is 1. The van der Waals surface area contributed by atoms with Crippen LogP contribution in [0.25, 0.3) is 0 Å². The van der Waals surface area contributed by atoms with Gasteiger partial charge in [-0.2, -0.15) is 0 Å². The van der Waals surface area contributed by atoms with Crippen LogP contribution in [-0.4, -0.2) is 30.7 Å². The van der Waals surface area contributed by atoms with Crippen molar-refractivity contribution >= 4 is 34.9 Å². The molecule has 2 aromatic carbocycles. The van der Waals surface area contributed by atoms with E-state index >= 15 is 0 Å². The SMILES string of the molecule is COC(=O)c1ccc(NC(=O)C2CC2C(=O)Nc2cccc(C(C)=O)c2)cc1. The van der Waals surface area contributed by atoms with Crippen LogP contribution in [0, 0.1) is 11.8 Å². The Kier molecular flexibility index (Phi) is 5.54. The molecule has 3 rings (SSSR count). The zero-order chi connectivity index (χ0) is 20.3. The number of rotatable bonds is 6. The normalized spacial score (nSPS) is 17.4. The first-order chi connectivity index (χ1) is 13.4. The topological polar surface area (TPSA) is 102 Å². The number of hydrogen-bond acceptors (Lipinski definition) is 5. The Labute approximate surface area is 162 Å². The van der Waals surface area contributed by atoms with Crippen LogP contribution in [-0.2, 0) is 14.3 Å². The predicted octanol–water partition coefficient (Wildman–Crippen LogP) is 2.89. The third kappa shape index (κ3) is 4.43. The van der Waals surface area contributed by atoms with Crippen molar-refractivity contribution in [2.75, 3.05) is 17.7 Å². The highest BCUT2D eigenvalue weighted by molar-refractivity contribution is 6.04. The second-order valence-corrected chi connectivity index (χ2v) is 6.63. The number of benzene rings is 2. The summed E-state index contributed by atoms with van der Waals surface area (Å²) in [5.41, 5.74) is 1.97. The van der Waals surface area contributed by atoms with Crippen molar-refractivity contribution in [3.05, 3.63) is 59.7 Å². The third-order valence-electron chi connectivity index (χ3n) is 4.57. The Morgan fingerprint density at radius 2 is 1.46 bits per heavy atom. The fourth-order valence-corrected chi connectivity index (χ4v) is 2.87. The summed E-state index contributed by atoms with van der Waals surface area (Å²) in [4.78, 5) is 47.5. The molecule has 7 heteroatoms. The number of carbonyl (C=O) groups excluding carboxylic acids is 4. The van der Waals surface area contributed by atoms with Gasteiger partial charge in [0.05, 0.1) is 24.5 Å². The van der Waals surface area contributed by atoms with Gasteiger partial charge in [0, 0.05) is 16.9 Å². The number of carbonyl (C=O) groups is 4. The minimum absolute atomic E-state index is 0.0852. The summed E-state index contributed by atoms with van der Waals surface area (Å²) in [6.07, 6.45) is 0.463. The molecular weight excluding hydrogens is 360 g/mol. The smallest absolute Gasteiger partial charge is 0.337 e. The summed E-state index contributed by atoms with van der Waals surface area (Å²) in [6.45, 7) is 1.46. The van der Waals surface area contributed by atoms with Crippen LogP contribution < -0.4 is 10.6 Å². The van der Waals surface area contributed by atoms with Crippen molar-refractivity contribution < 1.29 is 23.9 Å². The van der Waals surface area contributed by atoms with Crippen molar-refractivity contribution in [3.63, 3.8) is 0 Å². The maximum atomic E-state index is 12.3. The van der Waals surface area contributed by atoms with Gasteiger partial charge < -0.3 is 15.4 Å². The minimum atomic E-state index is -0.453. The van der Waals surface area contributed by atoms with Gasteiger partial charge in [0.15, 0.2) is 5.78 Å². The van der Waals surface area contributed by atoms with E-state index in [0.29, 0.717) is 28.9 Å². The lowest BCUT2D eigenvalue weighted by Gasteiger charge is -2.07. The molecule has 2 amide bonds. The predicted molar refractivity (Wildman–Crippen MR) is 103 cm³/mol. The minimum Gasteiger partial charge on any atom is -0.465 e. The number of anilines is 2. The summed E-state index contributed by atoms with van der Waals surface area (Å²) in [6, 6.07) is 13.0. The quantitative estimate of drug-likeness (QED) is 0.593. The van der Waals surface area contributed by atoms with Gasteiger partial charge in [-0.15, -0.1) is 0 Å². The Hall–Kier alpha value is -3.48. The molecule has 0 aliphatic heterocycles. The Balaban J connectivity index is 1.55. The van der Waals surface area contributed by atoms with Gasteiger partial charge in [0.2, 0.25) is 11.8 Å². The summed E-state index contributed by atoms with van der Waals surface area (Å²) in [5.74, 6) is -1.85. The Morgan fingerprint density at radius 1 is 0.857 bits per heavy atom. The molecule has 0 aromatic heterocycles. The van der Waals surface area contributed by atoms with Gasteiger partial charge in [-0.3, -0.25) is 14.4 Å². The van der Waals surface area contributed by atoms with Crippen molar-refractivity contribution in [1.29, 1.82) is 0 Å². The zero-order valence-electron chi connectivity index (χ0n) is 15.5. The van der Waals surface area contributed by atoms with E-state index in [1.54, 1.807) is 48.5 Å². The lowest BCUT2D eigenvalue weighted by atomic mass is 10.1. The summed E-state index contributed by atoms with van der Waals surface area (Å²) >= 11 is 0. The second-order valence-electron chi connectivity index (χ2n) is 6.63. The van der Waals surface area contributed by atoms with E-state index in [2.05, 4.69) is 15.4 Å². The summed E-state index contributed by atoms with van der Waals surface area (Å²) in [7, 11) is 1.30. The van der Waals surface area contributed by atoms with Crippen LogP contribution in [0.15, 0.2) is 48.5 Å². The molecule has 0 radical (unpaired) electrons. The fourth-order valence-electron chi connectivity index (χ4n) is 2.87. The first-order valence-electron chi connectivity index (χ1n) is 8.80. The number of nitrogens with one attached hydrogen (secondary N) is 2. The monoisotopic (exact) mass is 380 g/mol. The molecular formula is C21H20N2O5. The first kappa shape index (κ1) is 19.3. The largest absolute Gasteiger partial charge is 0.465 e. The van der Waals surface area contributed by atoms with Gasteiger partial charge in [0.25, 0.3) is 0 Å². The van der Waals surface area contributed by atoms with Crippen LogP contribution in [0.2, 0.25) is 0 Å². The molecule has 2 aromatic rings. The average Bonchev–Trinajstić information content (AvgIpc) is 3.49. The summed E-state index contributed by atoms with van der Waals surface area (Å²) < 4.78 is 4.63. The van der Waals surface area contributed by atoms with Gasteiger partial charge in [0.1, 0.15) is 0 Å². The number of ketones is 1. The molecule has 1 saturated carbocycles. The standard InChI is InChI=1S/C21H20N2O5/c1-12(24)14-4-3-5-16(10-14)23-20(26)18-11-17(18)19(25)22-15-8-6-13(7-9-15)21(27)28-2/h3-10,17-18H,11H2,1-2H3,(H,22,25)(H,23,26). The van der Waals surface area contributed by atoms with Crippen LogP contribution >= 0.6 is 0 Å². The molecule has 7 nitrogen and oxygen atoms in total. The molecule has 1 aliphatic rings. The molecule has 2 unspecified atom stereocenters. The van der Waals surface area contributed by atoms with Crippen LogP contribution in [0.5, 0.6) is 0 Å². The fraction of sp³-hybridized carbons (Fsp3) is 0.238. The Morgan fingerprint density at radius 3 is 2.04 bits per heavy atom. The maximum absolute atomic E-state index is 12.3. The van der Waals surface area contributed by atoms with E-state index in [1.807, 2.05) is 0 Å². The lowest BCUT2D eigenvalue weighted by molar-refractivity contribution is -0.122. The molecule has 0 heterocycles. The highest BCUT2D eigenvalue weighted by Crippen LogP contribution is 2.40. The number of esters is 1. The third-order valence-corrected chi connectivity index (χ3v) is 4.57. The molecule has 144 valence electrons. The van der Waals surface area contributed by atoms with Crippen molar-refractivity contribution in [3.8, 4) is 0 Å². The maximum Gasteiger partial charge on any atom is 0.337 e. The zero-order valence-corrected chi connectivity index (χ0v) is 15.5. The van der Waals surface area contributed by atoms with Crippen LogP contribution in [0.3, 0.4) is 0 Å². The van der Waals surface area contributed by atoms with E-state index in [1.165, 1.54) is 14.0 Å². The van der Waals surface area contributed by atoms with Crippen LogP contribution in [0.1, 0.15) is 34.1 Å². The number of amides is 2. The van der Waals surface area contributed by atoms with E-state index in [-0.39, 0.29) is 17.6 Å². The highest BCUT2D eigenvalue weighted by atomic mass is 16.5. The molecule has 1 fully saturated rings. The molecule has 2 N–H and O–H groups in total. The molecule has 28 heavy (non-hydrogen) atoms. The van der Waals surface area contributed by atoms with Gasteiger partial charge in [-0.25, -0.2) is 4.79 Å². The van der Waals surface area contributed by atoms with Crippen molar-refractivity contribution in [2.45, 2.75) is 13.3 Å². The average molecular weight is 380 g/mol. The lowest BCUT2D eigenvalue weighted by Crippen LogP contribution is -2.20. The molecule has 1 aliphatic carbocycles. The van der Waals surface area contributed by atoms with Gasteiger partial charge >= 0.3 is 5.97 Å². The number of hydrogen-bond donors (Lipinski definition) is 2. The van der Waals surface area contributed by atoms with E-state index in [0.717, 1.165) is 0 Å². The van der Waals surface area contributed by atoms with E-state index in [4.69, 9.17) is 0 Å². The van der Waals surface area contributed by atoms with E-state index < -0.39 is 17.8 Å². The number of ether oxygens (including phenoxy) is 1. The van der Waals surface area contributed by atoms with Crippen LogP contribution in [0.4, 0.5) is 11.4 Å². The molecule has 2 atom stereocenters.